The molecule has 0 bridgehead atoms. The van der Waals surface area contributed by atoms with Crippen molar-refractivity contribution in [2.24, 2.45) is 0 Å². The normalized spacial score (nSPS) is 15.4. The predicted molar refractivity (Wildman–Crippen MR) is 123 cm³/mol. The van der Waals surface area contributed by atoms with E-state index in [1.807, 2.05) is 0 Å². The van der Waals surface area contributed by atoms with Crippen molar-refractivity contribution in [2.45, 2.75) is 12.6 Å². The fraction of sp³-hybridized carbons (Fsp3) is 0.190. The van der Waals surface area contributed by atoms with Crippen molar-refractivity contribution >= 4 is 63.5 Å². The number of halogens is 4. The zero-order chi connectivity index (χ0) is 23.5. The molecule has 0 aromatic heterocycles. The summed E-state index contributed by atoms with van der Waals surface area (Å²) < 4.78 is 44.5. The van der Waals surface area contributed by atoms with Crippen molar-refractivity contribution in [3.8, 4) is 5.75 Å². The molecular formula is C21H16ClF3N2O3S2. The molecule has 168 valence electrons. The third-order valence-electron chi connectivity index (χ3n) is 4.42. The van der Waals surface area contributed by atoms with Gasteiger partial charge in [0.15, 0.2) is 0 Å². The van der Waals surface area contributed by atoms with Crippen molar-refractivity contribution in [3.05, 3.63) is 63.5 Å². The highest BCUT2D eigenvalue weighted by atomic mass is 35.5. The van der Waals surface area contributed by atoms with Crippen LogP contribution in [0.4, 0.5) is 18.9 Å². The maximum atomic E-state index is 13.0. The number of nitrogens with zero attached hydrogens (tertiary/aromatic N) is 1. The largest absolute Gasteiger partial charge is 0.496 e. The Morgan fingerprint density at radius 3 is 2.69 bits per heavy atom. The molecule has 2 aromatic carbocycles. The van der Waals surface area contributed by atoms with Gasteiger partial charge in [0.2, 0.25) is 5.91 Å². The van der Waals surface area contributed by atoms with Crippen molar-refractivity contribution < 1.29 is 27.5 Å². The minimum Gasteiger partial charge on any atom is -0.496 e. The summed E-state index contributed by atoms with van der Waals surface area (Å²) in [6.07, 6.45) is -3.14. The zero-order valence-corrected chi connectivity index (χ0v) is 18.9. The second kappa shape index (κ2) is 9.93. The van der Waals surface area contributed by atoms with Crippen molar-refractivity contribution in [1.82, 2.24) is 4.90 Å². The van der Waals surface area contributed by atoms with Crippen LogP contribution < -0.4 is 10.1 Å². The number of amides is 2. The highest BCUT2D eigenvalue weighted by molar-refractivity contribution is 8.26. The number of rotatable bonds is 6. The Labute approximate surface area is 196 Å². The summed E-state index contributed by atoms with van der Waals surface area (Å²) >= 11 is 11.9. The standard InChI is InChI=1S/C21H16ClF3N2O3S2/c1-30-16-5-3-2-4-12(16)10-17-19(29)27(20(31)32-17)9-8-18(28)26-13-6-7-15(22)14(11-13)21(23,24)25/h2-7,10-11H,8-9H2,1H3,(H,26,28). The molecule has 0 unspecified atom stereocenters. The molecule has 0 radical (unpaired) electrons. The number of para-hydroxylation sites is 1. The van der Waals surface area contributed by atoms with E-state index >= 15 is 0 Å². The first-order chi connectivity index (χ1) is 15.1. The van der Waals surface area contributed by atoms with Gasteiger partial charge in [0.1, 0.15) is 10.1 Å². The number of thioether (sulfide) groups is 1. The highest BCUT2D eigenvalue weighted by Crippen LogP contribution is 2.36. The Kier molecular flexibility index (Phi) is 7.47. The maximum Gasteiger partial charge on any atom is 0.417 e. The Morgan fingerprint density at radius 2 is 2.00 bits per heavy atom. The lowest BCUT2D eigenvalue weighted by Crippen LogP contribution is -2.31. The zero-order valence-electron chi connectivity index (χ0n) is 16.5. The molecule has 1 saturated heterocycles. The Morgan fingerprint density at radius 1 is 1.28 bits per heavy atom. The van der Waals surface area contributed by atoms with Gasteiger partial charge in [-0.2, -0.15) is 13.2 Å². The molecule has 0 spiro atoms. The molecule has 32 heavy (non-hydrogen) atoms. The summed E-state index contributed by atoms with van der Waals surface area (Å²) in [4.78, 5) is 26.6. The quantitative estimate of drug-likeness (QED) is 0.413. The summed E-state index contributed by atoms with van der Waals surface area (Å²) in [5.41, 5.74) is -0.389. The fourth-order valence-electron chi connectivity index (χ4n) is 2.88. The summed E-state index contributed by atoms with van der Waals surface area (Å²) in [6.45, 7) is -0.0144. The van der Waals surface area contributed by atoms with Crippen LogP contribution in [-0.2, 0) is 15.8 Å². The molecule has 11 heteroatoms. The summed E-state index contributed by atoms with van der Waals surface area (Å²) in [5.74, 6) is -0.328. The van der Waals surface area contributed by atoms with Gasteiger partial charge in [-0.1, -0.05) is 53.8 Å². The minimum absolute atomic E-state index is 0.0144. The third-order valence-corrected chi connectivity index (χ3v) is 6.12. The smallest absolute Gasteiger partial charge is 0.417 e. The van der Waals surface area contributed by atoms with Gasteiger partial charge < -0.3 is 10.1 Å². The number of carbonyl (C=O) groups excluding carboxylic acids is 2. The molecule has 2 amide bonds. The van der Waals surface area contributed by atoms with Crippen molar-refractivity contribution in [3.63, 3.8) is 0 Å². The lowest BCUT2D eigenvalue weighted by Gasteiger charge is -2.15. The van der Waals surface area contributed by atoms with Crippen LogP contribution in [0.3, 0.4) is 0 Å². The third kappa shape index (κ3) is 5.62. The summed E-state index contributed by atoms with van der Waals surface area (Å²) in [6, 6.07) is 10.3. The molecule has 0 saturated carbocycles. The number of anilines is 1. The number of carbonyl (C=O) groups is 2. The average molecular weight is 501 g/mol. The van der Waals surface area contributed by atoms with Gasteiger partial charge in [0, 0.05) is 24.2 Å². The molecular weight excluding hydrogens is 485 g/mol. The minimum atomic E-state index is -4.65. The van der Waals surface area contributed by atoms with Gasteiger partial charge in [-0.15, -0.1) is 0 Å². The van der Waals surface area contributed by atoms with E-state index in [4.69, 9.17) is 28.6 Å². The van der Waals surface area contributed by atoms with Crippen molar-refractivity contribution in [2.75, 3.05) is 19.0 Å². The molecule has 5 nitrogen and oxygen atoms in total. The van der Waals surface area contributed by atoms with E-state index < -0.39 is 22.7 Å². The molecule has 1 heterocycles. The van der Waals surface area contributed by atoms with E-state index in [1.54, 1.807) is 30.3 Å². The number of nitrogens with one attached hydrogen (secondary N) is 1. The maximum absolute atomic E-state index is 13.0. The SMILES string of the molecule is COc1ccccc1C=C1SC(=S)N(CCC(=O)Nc2ccc(Cl)c(C(F)(F)F)c2)C1=O. The van der Waals surface area contributed by atoms with Gasteiger partial charge in [-0.05, 0) is 30.3 Å². The molecule has 1 fully saturated rings. The van der Waals surface area contributed by atoms with Crippen LogP contribution in [0.2, 0.25) is 5.02 Å². The average Bonchev–Trinajstić information content (AvgIpc) is 3.00. The number of thiocarbonyl (C=S) groups is 1. The number of ether oxygens (including phenoxy) is 1. The molecule has 0 atom stereocenters. The molecule has 2 aromatic rings. The first kappa shape index (κ1) is 24.1. The fourth-order valence-corrected chi connectivity index (χ4v) is 4.40. The summed E-state index contributed by atoms with van der Waals surface area (Å²) in [7, 11) is 1.52. The van der Waals surface area contributed by atoms with Gasteiger partial charge >= 0.3 is 6.18 Å². The number of hydrogen-bond acceptors (Lipinski definition) is 5. The Bertz CT molecular complexity index is 1110. The summed E-state index contributed by atoms with van der Waals surface area (Å²) in [5, 5.41) is 1.92. The number of hydrogen-bond donors (Lipinski definition) is 1. The number of benzene rings is 2. The second-order valence-electron chi connectivity index (χ2n) is 6.57. The number of methoxy groups -OCH3 is 1. The van der Waals surface area contributed by atoms with Crippen LogP contribution in [0.1, 0.15) is 17.5 Å². The van der Waals surface area contributed by atoms with Crippen LogP contribution in [0.25, 0.3) is 6.08 Å². The molecule has 1 aliphatic rings. The van der Waals surface area contributed by atoms with E-state index in [-0.39, 0.29) is 28.9 Å². The van der Waals surface area contributed by atoms with Crippen LogP contribution >= 0.6 is 35.6 Å². The van der Waals surface area contributed by atoms with Crippen LogP contribution in [-0.4, -0.2) is 34.7 Å². The highest BCUT2D eigenvalue weighted by Gasteiger charge is 2.34. The Hall–Kier alpha value is -2.56. The molecule has 3 rings (SSSR count). The van der Waals surface area contributed by atoms with Crippen molar-refractivity contribution in [1.29, 1.82) is 0 Å². The predicted octanol–water partition coefficient (Wildman–Crippen LogP) is 5.60. The first-order valence-corrected chi connectivity index (χ1v) is 10.8. The lowest BCUT2D eigenvalue weighted by atomic mass is 10.2. The molecule has 1 aliphatic heterocycles. The topological polar surface area (TPSA) is 58.6 Å². The van der Waals surface area contributed by atoms with E-state index in [1.165, 1.54) is 18.1 Å². The first-order valence-electron chi connectivity index (χ1n) is 9.15. The van der Waals surface area contributed by atoms with E-state index in [0.717, 1.165) is 23.9 Å². The van der Waals surface area contributed by atoms with Crippen LogP contribution in [0, 0.1) is 0 Å². The Balaban J connectivity index is 1.65. The van der Waals surface area contributed by atoms with Crippen LogP contribution in [0.15, 0.2) is 47.4 Å². The monoisotopic (exact) mass is 500 g/mol. The number of alkyl halides is 3. The van der Waals surface area contributed by atoms with E-state index in [9.17, 15) is 22.8 Å². The van der Waals surface area contributed by atoms with Gasteiger partial charge in [0.05, 0.1) is 22.6 Å². The van der Waals surface area contributed by atoms with E-state index in [0.29, 0.717) is 16.2 Å². The molecule has 1 N–H and O–H groups in total. The lowest BCUT2D eigenvalue weighted by molar-refractivity contribution is -0.137. The second-order valence-corrected chi connectivity index (χ2v) is 8.65. The molecule has 0 aliphatic carbocycles. The van der Waals surface area contributed by atoms with Gasteiger partial charge in [-0.25, -0.2) is 0 Å². The van der Waals surface area contributed by atoms with Gasteiger partial charge in [0.25, 0.3) is 5.91 Å². The van der Waals surface area contributed by atoms with Gasteiger partial charge in [-0.3, -0.25) is 14.5 Å². The van der Waals surface area contributed by atoms with Crippen LogP contribution in [0.5, 0.6) is 5.75 Å². The van der Waals surface area contributed by atoms with E-state index in [2.05, 4.69) is 5.32 Å².